The number of thiophene rings is 1. The van der Waals surface area contributed by atoms with Crippen molar-refractivity contribution in [2.24, 2.45) is 5.14 Å². The summed E-state index contributed by atoms with van der Waals surface area (Å²) in [5, 5.41) is 4.46. The molecule has 0 saturated carbocycles. The SMILES string of the molecule is CCc1ccc(C(C)S(N)(=O)=O)s1. The molecule has 1 rings (SSSR count). The first-order valence-corrected chi connectivity index (χ1v) is 6.48. The minimum atomic E-state index is -3.44. The van der Waals surface area contributed by atoms with Crippen LogP contribution < -0.4 is 5.14 Å². The number of nitrogens with two attached hydrogens (primary N) is 1. The van der Waals surface area contributed by atoms with E-state index in [0.717, 1.165) is 11.3 Å². The molecule has 0 aromatic carbocycles. The predicted octanol–water partition coefficient (Wildman–Crippen LogP) is 1.66. The summed E-state index contributed by atoms with van der Waals surface area (Å²) in [6.07, 6.45) is 0.933. The average molecular weight is 219 g/mol. The third-order valence-electron chi connectivity index (χ3n) is 1.92. The fourth-order valence-corrected chi connectivity index (χ4v) is 2.80. The van der Waals surface area contributed by atoms with E-state index in [9.17, 15) is 8.42 Å². The van der Waals surface area contributed by atoms with Crippen molar-refractivity contribution in [3.05, 3.63) is 21.9 Å². The molecule has 74 valence electrons. The van der Waals surface area contributed by atoms with Gasteiger partial charge in [-0.1, -0.05) is 6.92 Å². The van der Waals surface area contributed by atoms with E-state index in [1.807, 2.05) is 19.1 Å². The largest absolute Gasteiger partial charge is 0.228 e. The Morgan fingerprint density at radius 3 is 2.54 bits per heavy atom. The number of hydrogen-bond acceptors (Lipinski definition) is 3. The number of sulfonamides is 1. The van der Waals surface area contributed by atoms with Gasteiger partial charge in [-0.3, -0.25) is 0 Å². The highest BCUT2D eigenvalue weighted by atomic mass is 32.2. The molecule has 5 heteroatoms. The van der Waals surface area contributed by atoms with Gasteiger partial charge < -0.3 is 0 Å². The van der Waals surface area contributed by atoms with Gasteiger partial charge in [-0.25, -0.2) is 13.6 Å². The van der Waals surface area contributed by atoms with Crippen LogP contribution in [0.25, 0.3) is 0 Å². The molecular formula is C8H13NO2S2. The van der Waals surface area contributed by atoms with E-state index in [0.29, 0.717) is 0 Å². The number of primary sulfonamides is 1. The highest BCUT2D eigenvalue weighted by Gasteiger charge is 2.19. The maximum atomic E-state index is 11.0. The van der Waals surface area contributed by atoms with Gasteiger partial charge in [-0.2, -0.15) is 0 Å². The Balaban J connectivity index is 2.96. The minimum absolute atomic E-state index is 0.585. The zero-order chi connectivity index (χ0) is 10.1. The fourth-order valence-electron chi connectivity index (χ4n) is 0.965. The summed E-state index contributed by atoms with van der Waals surface area (Å²) in [5.41, 5.74) is 0. The molecule has 13 heavy (non-hydrogen) atoms. The summed E-state index contributed by atoms with van der Waals surface area (Å²) in [7, 11) is -3.44. The topological polar surface area (TPSA) is 60.2 Å². The molecule has 0 radical (unpaired) electrons. The molecule has 2 N–H and O–H groups in total. The van der Waals surface area contributed by atoms with Crippen LogP contribution in [0.5, 0.6) is 0 Å². The summed E-state index contributed by atoms with van der Waals surface area (Å²) >= 11 is 1.51. The standard InChI is InChI=1S/C8H13NO2S2/c1-3-7-4-5-8(12-7)6(2)13(9,10)11/h4-6H,3H2,1-2H3,(H2,9,10,11). The summed E-state index contributed by atoms with van der Waals surface area (Å²) in [5.74, 6) is 0. The maximum Gasteiger partial charge on any atom is 0.216 e. The summed E-state index contributed by atoms with van der Waals surface area (Å²) < 4.78 is 22.0. The van der Waals surface area contributed by atoms with E-state index in [4.69, 9.17) is 5.14 Å². The second kappa shape index (κ2) is 3.77. The lowest BCUT2D eigenvalue weighted by atomic mass is 10.3. The normalized spacial score (nSPS) is 14.4. The second-order valence-corrected chi connectivity index (χ2v) is 5.97. The predicted molar refractivity (Wildman–Crippen MR) is 55.2 cm³/mol. The minimum Gasteiger partial charge on any atom is -0.228 e. The van der Waals surface area contributed by atoms with E-state index in [1.165, 1.54) is 16.2 Å². The number of aryl methyl sites for hydroxylation is 1. The molecule has 3 nitrogen and oxygen atoms in total. The van der Waals surface area contributed by atoms with E-state index in [2.05, 4.69) is 0 Å². The van der Waals surface area contributed by atoms with Crippen molar-refractivity contribution in [3.63, 3.8) is 0 Å². The van der Waals surface area contributed by atoms with Crippen LogP contribution in [0, 0.1) is 0 Å². The fraction of sp³-hybridized carbons (Fsp3) is 0.500. The Kier molecular flexibility index (Phi) is 3.10. The summed E-state index contributed by atoms with van der Waals surface area (Å²) in [4.78, 5) is 2.00. The summed E-state index contributed by atoms with van der Waals surface area (Å²) in [6, 6.07) is 3.78. The summed E-state index contributed by atoms with van der Waals surface area (Å²) in [6.45, 7) is 3.65. The Hall–Kier alpha value is -0.390. The van der Waals surface area contributed by atoms with Crippen LogP contribution in [0.2, 0.25) is 0 Å². The lowest BCUT2D eigenvalue weighted by molar-refractivity contribution is 0.588. The monoisotopic (exact) mass is 219 g/mol. The number of hydrogen-bond donors (Lipinski definition) is 1. The van der Waals surface area contributed by atoms with Crippen molar-refractivity contribution in [1.82, 2.24) is 0 Å². The van der Waals surface area contributed by atoms with Gasteiger partial charge in [0.15, 0.2) is 0 Å². The van der Waals surface area contributed by atoms with Crippen LogP contribution in [-0.4, -0.2) is 8.42 Å². The second-order valence-electron chi connectivity index (χ2n) is 2.89. The Bertz CT molecular complexity index is 381. The van der Waals surface area contributed by atoms with Gasteiger partial charge in [0.1, 0.15) is 5.25 Å². The molecular weight excluding hydrogens is 206 g/mol. The van der Waals surface area contributed by atoms with E-state index in [-0.39, 0.29) is 0 Å². The van der Waals surface area contributed by atoms with E-state index >= 15 is 0 Å². The van der Waals surface area contributed by atoms with Crippen molar-refractivity contribution in [2.75, 3.05) is 0 Å². The van der Waals surface area contributed by atoms with Crippen LogP contribution in [-0.2, 0) is 16.4 Å². The van der Waals surface area contributed by atoms with Crippen molar-refractivity contribution in [1.29, 1.82) is 0 Å². The van der Waals surface area contributed by atoms with Gasteiger partial charge in [-0.05, 0) is 25.5 Å². The van der Waals surface area contributed by atoms with Gasteiger partial charge >= 0.3 is 0 Å². The number of rotatable bonds is 3. The molecule has 1 aromatic heterocycles. The van der Waals surface area contributed by atoms with Crippen LogP contribution >= 0.6 is 11.3 Å². The molecule has 1 unspecified atom stereocenters. The highest BCUT2D eigenvalue weighted by molar-refractivity contribution is 7.89. The zero-order valence-corrected chi connectivity index (χ0v) is 9.28. The lowest BCUT2D eigenvalue weighted by Gasteiger charge is -2.04. The van der Waals surface area contributed by atoms with Crippen LogP contribution in [0.3, 0.4) is 0 Å². The Labute approximate surface area is 82.6 Å². The van der Waals surface area contributed by atoms with Crippen LogP contribution in [0.15, 0.2) is 12.1 Å². The van der Waals surface area contributed by atoms with Gasteiger partial charge in [0.2, 0.25) is 10.0 Å². The van der Waals surface area contributed by atoms with Crippen molar-refractivity contribution in [3.8, 4) is 0 Å². The maximum absolute atomic E-state index is 11.0. The molecule has 1 aromatic rings. The van der Waals surface area contributed by atoms with E-state index < -0.39 is 15.3 Å². The van der Waals surface area contributed by atoms with E-state index in [1.54, 1.807) is 6.92 Å². The first-order valence-electron chi connectivity index (χ1n) is 4.05. The van der Waals surface area contributed by atoms with Gasteiger partial charge in [-0.15, -0.1) is 11.3 Å². The molecule has 0 bridgehead atoms. The van der Waals surface area contributed by atoms with Crippen molar-refractivity contribution >= 4 is 21.4 Å². The molecule has 0 aliphatic carbocycles. The first kappa shape index (κ1) is 10.7. The van der Waals surface area contributed by atoms with Gasteiger partial charge in [0.25, 0.3) is 0 Å². The molecule has 0 aliphatic heterocycles. The molecule has 0 fully saturated rings. The Morgan fingerprint density at radius 2 is 2.15 bits per heavy atom. The first-order chi connectivity index (χ1) is 5.95. The molecule has 1 atom stereocenters. The zero-order valence-electron chi connectivity index (χ0n) is 7.65. The Morgan fingerprint density at radius 1 is 1.54 bits per heavy atom. The van der Waals surface area contributed by atoms with Gasteiger partial charge in [0, 0.05) is 9.75 Å². The average Bonchev–Trinajstić information content (AvgIpc) is 2.48. The van der Waals surface area contributed by atoms with Crippen molar-refractivity contribution < 1.29 is 8.42 Å². The lowest BCUT2D eigenvalue weighted by Crippen LogP contribution is -2.18. The van der Waals surface area contributed by atoms with Crippen LogP contribution in [0.1, 0.15) is 28.9 Å². The quantitative estimate of drug-likeness (QED) is 0.840. The molecule has 0 amide bonds. The van der Waals surface area contributed by atoms with Gasteiger partial charge in [0.05, 0.1) is 0 Å². The molecule has 0 aliphatic rings. The third kappa shape index (κ3) is 2.52. The van der Waals surface area contributed by atoms with Crippen LogP contribution in [0.4, 0.5) is 0 Å². The highest BCUT2D eigenvalue weighted by Crippen LogP contribution is 2.27. The molecule has 0 saturated heterocycles. The van der Waals surface area contributed by atoms with Crippen molar-refractivity contribution in [2.45, 2.75) is 25.5 Å². The third-order valence-corrected chi connectivity index (χ3v) is 4.73. The smallest absolute Gasteiger partial charge is 0.216 e. The molecule has 0 spiro atoms. The molecule has 1 heterocycles.